The van der Waals surface area contributed by atoms with E-state index in [1.165, 1.54) is 25.7 Å². The number of hydrogen-bond acceptors (Lipinski definition) is 2. The maximum atomic E-state index is 12.9. The predicted molar refractivity (Wildman–Crippen MR) is 83.4 cm³/mol. The van der Waals surface area contributed by atoms with Crippen LogP contribution in [0.25, 0.3) is 0 Å². The molecular weight excluding hydrogens is 248 g/mol. The fourth-order valence-electron chi connectivity index (χ4n) is 3.94. The van der Waals surface area contributed by atoms with Gasteiger partial charge in [0.05, 0.1) is 11.7 Å². The Labute approximate surface area is 124 Å². The van der Waals surface area contributed by atoms with Crippen LogP contribution in [0.4, 0.5) is 0 Å². The smallest absolute Gasteiger partial charge is 0.244 e. The van der Waals surface area contributed by atoms with Gasteiger partial charge in [-0.25, -0.2) is 0 Å². The summed E-state index contributed by atoms with van der Waals surface area (Å²) < 4.78 is 0. The fourth-order valence-corrected chi connectivity index (χ4v) is 3.94. The molecule has 0 radical (unpaired) electrons. The minimum absolute atomic E-state index is 0.201. The highest BCUT2D eigenvalue weighted by atomic mass is 16.2. The molecule has 2 fully saturated rings. The number of amides is 1. The molecule has 1 N–H and O–H groups in total. The van der Waals surface area contributed by atoms with Crippen molar-refractivity contribution in [1.29, 1.82) is 0 Å². The van der Waals surface area contributed by atoms with Crippen molar-refractivity contribution in [3.05, 3.63) is 0 Å². The van der Waals surface area contributed by atoms with Gasteiger partial charge in [-0.2, -0.15) is 0 Å². The van der Waals surface area contributed by atoms with Gasteiger partial charge in [-0.3, -0.25) is 10.1 Å². The SMILES string of the molecule is CCC1NC2(CCCC2)C(=O)N1C(C)CCCC(C)C. The molecule has 2 rings (SSSR count). The summed E-state index contributed by atoms with van der Waals surface area (Å²) in [7, 11) is 0. The molecule has 1 aliphatic heterocycles. The van der Waals surface area contributed by atoms with Crippen LogP contribution in [0.5, 0.6) is 0 Å². The molecule has 1 amide bonds. The van der Waals surface area contributed by atoms with Crippen molar-refractivity contribution in [3.8, 4) is 0 Å². The number of carbonyl (C=O) groups excluding carboxylic acids is 1. The Morgan fingerprint density at radius 2 is 1.90 bits per heavy atom. The van der Waals surface area contributed by atoms with Gasteiger partial charge < -0.3 is 4.90 Å². The van der Waals surface area contributed by atoms with Gasteiger partial charge in [0.1, 0.15) is 0 Å². The van der Waals surface area contributed by atoms with Crippen molar-refractivity contribution in [2.24, 2.45) is 5.92 Å². The van der Waals surface area contributed by atoms with Crippen molar-refractivity contribution < 1.29 is 4.79 Å². The number of rotatable bonds is 6. The molecule has 0 aromatic rings. The summed E-state index contributed by atoms with van der Waals surface area (Å²) in [4.78, 5) is 15.1. The van der Waals surface area contributed by atoms with Gasteiger partial charge in [0.15, 0.2) is 0 Å². The Bertz CT molecular complexity index is 334. The summed E-state index contributed by atoms with van der Waals surface area (Å²) in [6, 6.07) is 0.374. The second-order valence-corrected chi connectivity index (χ2v) is 7.24. The number of hydrogen-bond donors (Lipinski definition) is 1. The standard InChI is InChI=1S/C17H32N2O/c1-5-15-18-17(11-6-7-12-17)16(20)19(15)14(4)10-8-9-13(2)3/h13-15,18H,5-12H2,1-4H3. The van der Waals surface area contributed by atoms with Gasteiger partial charge in [-0.05, 0) is 38.5 Å². The van der Waals surface area contributed by atoms with Crippen LogP contribution < -0.4 is 5.32 Å². The Morgan fingerprint density at radius 1 is 1.25 bits per heavy atom. The van der Waals surface area contributed by atoms with Crippen LogP contribution >= 0.6 is 0 Å². The summed E-state index contributed by atoms with van der Waals surface area (Å²) in [6.45, 7) is 8.97. The number of carbonyl (C=O) groups is 1. The Hall–Kier alpha value is -0.570. The molecule has 2 atom stereocenters. The maximum Gasteiger partial charge on any atom is 0.244 e. The molecule has 3 heteroatoms. The minimum Gasteiger partial charge on any atom is -0.323 e. The first-order valence-electron chi connectivity index (χ1n) is 8.60. The molecule has 0 aromatic heterocycles. The molecule has 1 heterocycles. The van der Waals surface area contributed by atoms with E-state index in [0.717, 1.165) is 31.6 Å². The first-order valence-corrected chi connectivity index (χ1v) is 8.60. The van der Waals surface area contributed by atoms with Crippen molar-refractivity contribution in [2.45, 2.75) is 96.8 Å². The highest BCUT2D eigenvalue weighted by Crippen LogP contribution is 2.38. The summed E-state index contributed by atoms with van der Waals surface area (Å²) in [5, 5.41) is 3.67. The average Bonchev–Trinajstić information content (AvgIpc) is 2.96. The molecule has 0 bridgehead atoms. The molecule has 20 heavy (non-hydrogen) atoms. The van der Waals surface area contributed by atoms with Crippen LogP contribution in [-0.4, -0.2) is 28.6 Å². The molecular formula is C17H32N2O. The molecule has 3 nitrogen and oxygen atoms in total. The first kappa shape index (κ1) is 15.8. The largest absolute Gasteiger partial charge is 0.323 e. The van der Waals surface area contributed by atoms with Crippen LogP contribution in [-0.2, 0) is 4.79 Å². The lowest BCUT2D eigenvalue weighted by atomic mass is 9.97. The van der Waals surface area contributed by atoms with Crippen LogP contribution in [0, 0.1) is 5.92 Å². The summed E-state index contributed by atoms with van der Waals surface area (Å²) >= 11 is 0. The molecule has 116 valence electrons. The van der Waals surface area contributed by atoms with Gasteiger partial charge in [0.25, 0.3) is 0 Å². The van der Waals surface area contributed by atoms with Crippen molar-refractivity contribution in [1.82, 2.24) is 10.2 Å². The second-order valence-electron chi connectivity index (χ2n) is 7.24. The third kappa shape index (κ3) is 3.03. The van der Waals surface area contributed by atoms with E-state index in [4.69, 9.17) is 0 Å². The molecule has 1 aliphatic carbocycles. The Kier molecular flexibility index (Phi) is 5.11. The molecule has 1 spiro atoms. The van der Waals surface area contributed by atoms with E-state index in [9.17, 15) is 4.79 Å². The third-order valence-electron chi connectivity index (χ3n) is 5.14. The van der Waals surface area contributed by atoms with E-state index >= 15 is 0 Å². The van der Waals surface area contributed by atoms with E-state index in [2.05, 4.69) is 37.9 Å². The van der Waals surface area contributed by atoms with E-state index in [1.807, 2.05) is 0 Å². The van der Waals surface area contributed by atoms with Crippen LogP contribution in [0.15, 0.2) is 0 Å². The zero-order valence-electron chi connectivity index (χ0n) is 13.7. The van der Waals surface area contributed by atoms with Crippen LogP contribution in [0.3, 0.4) is 0 Å². The highest BCUT2D eigenvalue weighted by Gasteiger charge is 2.52. The van der Waals surface area contributed by atoms with Gasteiger partial charge in [0, 0.05) is 6.04 Å². The Morgan fingerprint density at radius 3 is 2.45 bits per heavy atom. The monoisotopic (exact) mass is 280 g/mol. The van der Waals surface area contributed by atoms with Crippen molar-refractivity contribution in [2.75, 3.05) is 0 Å². The molecule has 1 saturated heterocycles. The topological polar surface area (TPSA) is 32.3 Å². The van der Waals surface area contributed by atoms with Crippen LogP contribution in [0.1, 0.15) is 79.1 Å². The normalized spacial score (nSPS) is 26.9. The highest BCUT2D eigenvalue weighted by molar-refractivity contribution is 5.89. The zero-order valence-corrected chi connectivity index (χ0v) is 13.7. The molecule has 1 saturated carbocycles. The van der Waals surface area contributed by atoms with Crippen molar-refractivity contribution >= 4 is 5.91 Å². The fraction of sp³-hybridized carbons (Fsp3) is 0.941. The molecule has 0 aromatic carbocycles. The van der Waals surface area contributed by atoms with Gasteiger partial charge in [-0.1, -0.05) is 46.5 Å². The Balaban J connectivity index is 1.99. The predicted octanol–water partition coefficient (Wildman–Crippen LogP) is 3.68. The third-order valence-corrected chi connectivity index (χ3v) is 5.14. The van der Waals surface area contributed by atoms with E-state index < -0.39 is 0 Å². The maximum absolute atomic E-state index is 12.9. The minimum atomic E-state index is -0.201. The molecule has 2 aliphatic rings. The lowest BCUT2D eigenvalue weighted by molar-refractivity contribution is -0.135. The lowest BCUT2D eigenvalue weighted by Crippen LogP contribution is -2.45. The van der Waals surface area contributed by atoms with Gasteiger partial charge in [-0.15, -0.1) is 0 Å². The summed E-state index contributed by atoms with van der Waals surface area (Å²) in [5.41, 5.74) is -0.201. The first-order chi connectivity index (χ1) is 9.50. The number of nitrogens with one attached hydrogen (secondary N) is 1. The molecule has 2 unspecified atom stereocenters. The quantitative estimate of drug-likeness (QED) is 0.805. The van der Waals surface area contributed by atoms with E-state index in [0.29, 0.717) is 11.9 Å². The van der Waals surface area contributed by atoms with E-state index in [-0.39, 0.29) is 11.7 Å². The average molecular weight is 280 g/mol. The van der Waals surface area contributed by atoms with Gasteiger partial charge >= 0.3 is 0 Å². The lowest BCUT2D eigenvalue weighted by Gasteiger charge is -2.30. The summed E-state index contributed by atoms with van der Waals surface area (Å²) in [5.74, 6) is 1.15. The van der Waals surface area contributed by atoms with Crippen LogP contribution in [0.2, 0.25) is 0 Å². The summed E-state index contributed by atoms with van der Waals surface area (Å²) in [6.07, 6.45) is 9.38. The van der Waals surface area contributed by atoms with Crippen molar-refractivity contribution in [3.63, 3.8) is 0 Å². The van der Waals surface area contributed by atoms with Gasteiger partial charge in [0.2, 0.25) is 5.91 Å². The number of nitrogens with zero attached hydrogens (tertiary/aromatic N) is 1. The zero-order chi connectivity index (χ0) is 14.8. The second kappa shape index (κ2) is 6.46. The van der Waals surface area contributed by atoms with E-state index in [1.54, 1.807) is 0 Å².